The number of rotatable bonds is 6. The summed E-state index contributed by atoms with van der Waals surface area (Å²) in [4.78, 5) is 12.4. The number of benzene rings is 3. The summed E-state index contributed by atoms with van der Waals surface area (Å²) in [6.45, 7) is 0. The molecular formula is C22H16ClFN4OS. The third-order valence-electron chi connectivity index (χ3n) is 4.22. The first-order chi connectivity index (χ1) is 14.6. The maximum Gasteiger partial charge on any atom is 0.234 e. The second-order valence-corrected chi connectivity index (χ2v) is 7.68. The molecule has 0 spiro atoms. The lowest BCUT2D eigenvalue weighted by molar-refractivity contribution is -0.113. The van der Waals surface area contributed by atoms with Gasteiger partial charge in [-0.3, -0.25) is 9.36 Å². The Kier molecular flexibility index (Phi) is 6.11. The smallest absolute Gasteiger partial charge is 0.234 e. The average molecular weight is 439 g/mol. The van der Waals surface area contributed by atoms with Crippen molar-refractivity contribution in [2.24, 2.45) is 0 Å². The Balaban J connectivity index is 1.59. The van der Waals surface area contributed by atoms with Crippen molar-refractivity contribution in [1.82, 2.24) is 14.8 Å². The van der Waals surface area contributed by atoms with Gasteiger partial charge in [-0.25, -0.2) is 4.39 Å². The second-order valence-electron chi connectivity index (χ2n) is 6.30. The van der Waals surface area contributed by atoms with Gasteiger partial charge >= 0.3 is 0 Å². The molecule has 0 saturated heterocycles. The van der Waals surface area contributed by atoms with Crippen LogP contribution in [-0.4, -0.2) is 26.4 Å². The van der Waals surface area contributed by atoms with E-state index in [1.54, 1.807) is 47.0 Å². The van der Waals surface area contributed by atoms with Crippen LogP contribution in [0.2, 0.25) is 5.02 Å². The minimum Gasteiger partial charge on any atom is -0.325 e. The number of hydrogen-bond donors (Lipinski definition) is 1. The highest BCUT2D eigenvalue weighted by atomic mass is 35.5. The number of para-hydroxylation sites is 1. The zero-order valence-corrected chi connectivity index (χ0v) is 17.2. The van der Waals surface area contributed by atoms with E-state index in [1.165, 1.54) is 17.8 Å². The SMILES string of the molecule is O=C(CSc1nnc(-c2ccccc2F)n1-c1ccccc1)Nc1ccc(Cl)cc1. The summed E-state index contributed by atoms with van der Waals surface area (Å²) in [6, 6.07) is 22.7. The molecule has 8 heteroatoms. The lowest BCUT2D eigenvalue weighted by Gasteiger charge is -2.11. The molecule has 0 aliphatic carbocycles. The largest absolute Gasteiger partial charge is 0.325 e. The van der Waals surface area contributed by atoms with E-state index in [4.69, 9.17) is 11.6 Å². The summed E-state index contributed by atoms with van der Waals surface area (Å²) in [5.41, 5.74) is 1.77. The van der Waals surface area contributed by atoms with Gasteiger partial charge in [-0.15, -0.1) is 10.2 Å². The first-order valence-corrected chi connectivity index (χ1v) is 10.4. The molecule has 0 fully saturated rings. The number of nitrogens with zero attached hydrogens (tertiary/aromatic N) is 3. The molecule has 1 aromatic heterocycles. The number of anilines is 1. The topological polar surface area (TPSA) is 59.8 Å². The van der Waals surface area contributed by atoms with Gasteiger partial charge in [0.25, 0.3) is 0 Å². The molecule has 3 aromatic carbocycles. The number of carbonyl (C=O) groups excluding carboxylic acids is 1. The predicted octanol–water partition coefficient (Wildman–Crippen LogP) is 5.46. The Labute approximate surface area is 181 Å². The van der Waals surface area contributed by atoms with Crippen LogP contribution >= 0.6 is 23.4 Å². The average Bonchev–Trinajstić information content (AvgIpc) is 3.18. The highest BCUT2D eigenvalue weighted by Crippen LogP contribution is 2.29. The summed E-state index contributed by atoms with van der Waals surface area (Å²) in [5, 5.41) is 12.3. The molecule has 0 saturated carbocycles. The van der Waals surface area contributed by atoms with Gasteiger partial charge in [-0.2, -0.15) is 0 Å². The van der Waals surface area contributed by atoms with Gasteiger partial charge in [0.1, 0.15) is 5.82 Å². The van der Waals surface area contributed by atoms with Gasteiger partial charge in [0.2, 0.25) is 5.91 Å². The lowest BCUT2D eigenvalue weighted by Crippen LogP contribution is -2.14. The Hall–Kier alpha value is -3.16. The molecule has 4 aromatic rings. The lowest BCUT2D eigenvalue weighted by atomic mass is 10.2. The molecule has 1 heterocycles. The second kappa shape index (κ2) is 9.11. The van der Waals surface area contributed by atoms with Crippen LogP contribution in [0.5, 0.6) is 0 Å². The number of hydrogen-bond acceptors (Lipinski definition) is 4. The van der Waals surface area contributed by atoms with Gasteiger partial charge in [0.05, 0.1) is 11.3 Å². The maximum atomic E-state index is 14.4. The van der Waals surface area contributed by atoms with Crippen LogP contribution in [0, 0.1) is 5.82 Å². The van der Waals surface area contributed by atoms with Gasteiger partial charge in [0.15, 0.2) is 11.0 Å². The molecule has 1 N–H and O–H groups in total. The van der Waals surface area contributed by atoms with Crippen molar-refractivity contribution in [1.29, 1.82) is 0 Å². The van der Waals surface area contributed by atoms with Gasteiger partial charge < -0.3 is 5.32 Å². The fourth-order valence-corrected chi connectivity index (χ4v) is 3.73. The van der Waals surface area contributed by atoms with E-state index < -0.39 is 0 Å². The van der Waals surface area contributed by atoms with Gasteiger partial charge in [-0.05, 0) is 48.5 Å². The fourth-order valence-electron chi connectivity index (χ4n) is 2.85. The van der Waals surface area contributed by atoms with E-state index >= 15 is 0 Å². The third kappa shape index (κ3) is 4.53. The fraction of sp³-hybridized carbons (Fsp3) is 0.0455. The molecular weight excluding hydrogens is 423 g/mol. The highest BCUT2D eigenvalue weighted by molar-refractivity contribution is 7.99. The zero-order valence-electron chi connectivity index (χ0n) is 15.6. The predicted molar refractivity (Wildman–Crippen MR) is 118 cm³/mol. The van der Waals surface area contributed by atoms with Crippen molar-refractivity contribution >= 4 is 35.0 Å². The number of nitrogens with one attached hydrogen (secondary N) is 1. The van der Waals surface area contributed by atoms with Crippen LogP contribution in [-0.2, 0) is 4.79 Å². The molecule has 150 valence electrons. The number of carbonyl (C=O) groups is 1. The summed E-state index contributed by atoms with van der Waals surface area (Å²) in [5.74, 6) is -0.0957. The molecule has 1 amide bonds. The Bertz CT molecular complexity index is 1170. The van der Waals surface area contributed by atoms with E-state index in [1.807, 2.05) is 30.3 Å². The van der Waals surface area contributed by atoms with Gasteiger partial charge in [-0.1, -0.05) is 53.7 Å². The number of aromatic nitrogens is 3. The molecule has 0 bridgehead atoms. The van der Waals surface area contributed by atoms with Crippen LogP contribution in [0.1, 0.15) is 0 Å². The van der Waals surface area contributed by atoms with Crippen LogP contribution < -0.4 is 5.32 Å². The van der Waals surface area contributed by atoms with Crippen molar-refractivity contribution in [2.75, 3.05) is 11.1 Å². The Morgan fingerprint density at radius 2 is 1.67 bits per heavy atom. The van der Waals surface area contributed by atoms with E-state index in [-0.39, 0.29) is 17.5 Å². The number of halogens is 2. The molecule has 30 heavy (non-hydrogen) atoms. The zero-order chi connectivity index (χ0) is 20.9. The standard InChI is InChI=1S/C22H16ClFN4OS/c23-15-10-12-16(13-11-15)25-20(29)14-30-22-27-26-21(18-8-4-5-9-19(18)24)28(22)17-6-2-1-3-7-17/h1-13H,14H2,(H,25,29). The normalized spacial score (nSPS) is 10.7. The molecule has 0 atom stereocenters. The minimum absolute atomic E-state index is 0.116. The molecule has 0 aliphatic heterocycles. The van der Waals surface area contributed by atoms with Crippen molar-refractivity contribution in [3.8, 4) is 17.1 Å². The number of amides is 1. The van der Waals surface area contributed by atoms with Crippen LogP contribution in [0.3, 0.4) is 0 Å². The van der Waals surface area contributed by atoms with Gasteiger partial charge in [0, 0.05) is 16.4 Å². The first kappa shape index (κ1) is 20.1. The van der Waals surface area contributed by atoms with E-state index in [9.17, 15) is 9.18 Å². The van der Waals surface area contributed by atoms with Crippen LogP contribution in [0.4, 0.5) is 10.1 Å². The van der Waals surface area contributed by atoms with Crippen molar-refractivity contribution in [2.45, 2.75) is 5.16 Å². The summed E-state index contributed by atoms with van der Waals surface area (Å²) < 4.78 is 16.2. The quantitative estimate of drug-likeness (QED) is 0.406. The highest BCUT2D eigenvalue weighted by Gasteiger charge is 2.19. The summed E-state index contributed by atoms with van der Waals surface area (Å²) in [7, 11) is 0. The first-order valence-electron chi connectivity index (χ1n) is 9.06. The van der Waals surface area contributed by atoms with Crippen LogP contribution in [0.25, 0.3) is 17.1 Å². The van der Waals surface area contributed by atoms with Crippen molar-refractivity contribution in [3.63, 3.8) is 0 Å². The summed E-state index contributed by atoms with van der Waals surface area (Å²) in [6.07, 6.45) is 0. The Morgan fingerprint density at radius 1 is 0.967 bits per heavy atom. The monoisotopic (exact) mass is 438 g/mol. The number of thioether (sulfide) groups is 1. The van der Waals surface area contributed by atoms with E-state index in [0.717, 1.165) is 5.69 Å². The molecule has 0 radical (unpaired) electrons. The van der Waals surface area contributed by atoms with Crippen molar-refractivity contribution in [3.05, 3.63) is 89.7 Å². The van der Waals surface area contributed by atoms with Crippen molar-refractivity contribution < 1.29 is 9.18 Å². The maximum absolute atomic E-state index is 14.4. The van der Waals surface area contributed by atoms with Crippen LogP contribution in [0.15, 0.2) is 84.0 Å². The molecule has 0 unspecified atom stereocenters. The molecule has 5 nitrogen and oxygen atoms in total. The molecule has 4 rings (SSSR count). The third-order valence-corrected chi connectivity index (χ3v) is 5.40. The summed E-state index contributed by atoms with van der Waals surface area (Å²) >= 11 is 7.09. The Morgan fingerprint density at radius 3 is 2.40 bits per heavy atom. The minimum atomic E-state index is -0.390. The van der Waals surface area contributed by atoms with E-state index in [2.05, 4.69) is 15.5 Å². The molecule has 0 aliphatic rings. The van der Waals surface area contributed by atoms with E-state index in [0.29, 0.717) is 27.3 Å².